The fourth-order valence-corrected chi connectivity index (χ4v) is 3.43. The molecule has 0 aromatic heterocycles. The third-order valence-corrected chi connectivity index (χ3v) is 4.53. The highest BCUT2D eigenvalue weighted by Gasteiger charge is 2.30. The fraction of sp³-hybridized carbons (Fsp3) is 1.00. The first-order valence-electron chi connectivity index (χ1n) is 7.23. The van der Waals surface area contributed by atoms with Crippen LogP contribution >= 0.6 is 0 Å². The summed E-state index contributed by atoms with van der Waals surface area (Å²) in [6.45, 7) is 7.32. The molecule has 2 saturated heterocycles. The van der Waals surface area contributed by atoms with Crippen LogP contribution in [0.25, 0.3) is 0 Å². The molecular weight excluding hydrogens is 210 g/mol. The van der Waals surface area contributed by atoms with E-state index in [0.29, 0.717) is 5.54 Å². The smallest absolute Gasteiger partial charge is 0.0280 e. The minimum atomic E-state index is 0.350. The summed E-state index contributed by atoms with van der Waals surface area (Å²) in [5.74, 6) is 0. The number of nitrogens with one attached hydrogen (secondary N) is 1. The van der Waals surface area contributed by atoms with E-state index in [1.165, 1.54) is 58.3 Å². The van der Waals surface area contributed by atoms with Gasteiger partial charge in [0.15, 0.2) is 0 Å². The molecule has 100 valence electrons. The van der Waals surface area contributed by atoms with Crippen molar-refractivity contribution >= 4 is 0 Å². The van der Waals surface area contributed by atoms with Gasteiger partial charge in [-0.1, -0.05) is 6.42 Å². The van der Waals surface area contributed by atoms with E-state index in [2.05, 4.69) is 36.1 Å². The molecule has 0 radical (unpaired) electrons. The average Bonchev–Trinajstić information content (AvgIpc) is 2.29. The van der Waals surface area contributed by atoms with Gasteiger partial charge < -0.3 is 15.1 Å². The van der Waals surface area contributed by atoms with Gasteiger partial charge in [-0.05, 0) is 59.8 Å². The minimum Gasteiger partial charge on any atom is -0.310 e. The normalized spacial score (nSPS) is 36.4. The minimum absolute atomic E-state index is 0.350. The molecule has 0 amide bonds. The van der Waals surface area contributed by atoms with E-state index in [0.717, 1.165) is 6.04 Å². The fourth-order valence-electron chi connectivity index (χ4n) is 3.43. The molecule has 3 heteroatoms. The number of rotatable bonds is 3. The second-order valence-electron chi connectivity index (χ2n) is 6.42. The van der Waals surface area contributed by atoms with Crippen molar-refractivity contribution in [3.8, 4) is 0 Å². The Bertz CT molecular complexity index is 236. The highest BCUT2D eigenvalue weighted by atomic mass is 15.2. The van der Waals surface area contributed by atoms with Crippen LogP contribution in [0, 0.1) is 0 Å². The molecule has 0 bridgehead atoms. The van der Waals surface area contributed by atoms with E-state index in [1.54, 1.807) is 0 Å². The number of likely N-dealkylation sites (N-methyl/N-ethyl adjacent to an activating group) is 2. The molecule has 0 aromatic rings. The van der Waals surface area contributed by atoms with Gasteiger partial charge in [-0.25, -0.2) is 0 Å². The van der Waals surface area contributed by atoms with Crippen molar-refractivity contribution in [3.63, 3.8) is 0 Å². The first-order valence-corrected chi connectivity index (χ1v) is 7.23. The van der Waals surface area contributed by atoms with Gasteiger partial charge in [0.2, 0.25) is 0 Å². The molecular formula is C14H29N3. The lowest BCUT2D eigenvalue weighted by atomic mass is 9.89. The Morgan fingerprint density at radius 3 is 2.82 bits per heavy atom. The van der Waals surface area contributed by atoms with Crippen molar-refractivity contribution < 1.29 is 0 Å². The predicted octanol–water partition coefficient (Wildman–Crippen LogP) is 1.54. The molecule has 17 heavy (non-hydrogen) atoms. The maximum Gasteiger partial charge on any atom is 0.0280 e. The summed E-state index contributed by atoms with van der Waals surface area (Å²) in [6, 6.07) is 0.759. The van der Waals surface area contributed by atoms with Gasteiger partial charge in [0.05, 0.1) is 0 Å². The quantitative estimate of drug-likeness (QED) is 0.806. The first-order chi connectivity index (χ1) is 8.09. The molecule has 2 rings (SSSR count). The van der Waals surface area contributed by atoms with Gasteiger partial charge in [-0.15, -0.1) is 0 Å². The summed E-state index contributed by atoms with van der Waals surface area (Å²) in [7, 11) is 4.56. The third-order valence-electron chi connectivity index (χ3n) is 4.53. The van der Waals surface area contributed by atoms with Crippen molar-refractivity contribution in [3.05, 3.63) is 0 Å². The molecule has 0 aliphatic carbocycles. The number of piperidine rings is 2. The number of hydrogen-bond donors (Lipinski definition) is 1. The van der Waals surface area contributed by atoms with Gasteiger partial charge in [0.1, 0.15) is 0 Å². The zero-order valence-electron chi connectivity index (χ0n) is 11.8. The van der Waals surface area contributed by atoms with Crippen LogP contribution < -0.4 is 5.32 Å². The molecule has 0 saturated carbocycles. The van der Waals surface area contributed by atoms with Crippen LogP contribution in [0.5, 0.6) is 0 Å². The van der Waals surface area contributed by atoms with Gasteiger partial charge >= 0.3 is 0 Å². The monoisotopic (exact) mass is 239 g/mol. The first kappa shape index (κ1) is 13.3. The van der Waals surface area contributed by atoms with Crippen LogP contribution in [0.3, 0.4) is 0 Å². The van der Waals surface area contributed by atoms with E-state index < -0.39 is 0 Å². The Kier molecular flexibility index (Phi) is 4.45. The third kappa shape index (κ3) is 3.67. The average molecular weight is 239 g/mol. The molecule has 2 fully saturated rings. The lowest BCUT2D eigenvalue weighted by Crippen LogP contribution is -2.56. The van der Waals surface area contributed by atoms with Gasteiger partial charge in [-0.3, -0.25) is 0 Å². The Hall–Kier alpha value is -0.120. The van der Waals surface area contributed by atoms with Gasteiger partial charge in [-0.2, -0.15) is 0 Å². The Morgan fingerprint density at radius 1 is 1.35 bits per heavy atom. The number of hydrogen-bond acceptors (Lipinski definition) is 3. The van der Waals surface area contributed by atoms with E-state index in [1.807, 2.05) is 0 Å². The molecule has 0 spiro atoms. The van der Waals surface area contributed by atoms with E-state index in [9.17, 15) is 0 Å². The number of likely N-dealkylation sites (tertiary alicyclic amines) is 1. The molecule has 0 aromatic carbocycles. The molecule has 3 nitrogen and oxygen atoms in total. The maximum absolute atomic E-state index is 3.72. The van der Waals surface area contributed by atoms with E-state index >= 15 is 0 Å². The van der Waals surface area contributed by atoms with Gasteiger partial charge in [0, 0.05) is 24.7 Å². The Labute approximate surface area is 107 Å². The van der Waals surface area contributed by atoms with E-state index in [4.69, 9.17) is 0 Å². The second-order valence-corrected chi connectivity index (χ2v) is 6.42. The predicted molar refractivity (Wildman–Crippen MR) is 73.4 cm³/mol. The molecule has 1 N–H and O–H groups in total. The summed E-state index contributed by atoms with van der Waals surface area (Å²) in [5.41, 5.74) is 0.350. The zero-order valence-corrected chi connectivity index (χ0v) is 11.8. The molecule has 2 atom stereocenters. The molecule has 2 heterocycles. The second kappa shape index (κ2) is 5.68. The van der Waals surface area contributed by atoms with Gasteiger partial charge in [0.25, 0.3) is 0 Å². The lowest BCUT2D eigenvalue weighted by Gasteiger charge is -2.43. The van der Waals surface area contributed by atoms with Crippen molar-refractivity contribution in [2.45, 2.75) is 50.6 Å². The van der Waals surface area contributed by atoms with Crippen molar-refractivity contribution in [1.29, 1.82) is 0 Å². The van der Waals surface area contributed by atoms with Crippen molar-refractivity contribution in [2.75, 3.05) is 40.3 Å². The van der Waals surface area contributed by atoms with Crippen molar-refractivity contribution in [1.82, 2.24) is 15.1 Å². The molecule has 2 aliphatic heterocycles. The van der Waals surface area contributed by atoms with Crippen LogP contribution in [0.1, 0.15) is 39.0 Å². The highest BCUT2D eigenvalue weighted by molar-refractivity contribution is 4.91. The maximum atomic E-state index is 3.72. The topological polar surface area (TPSA) is 18.5 Å². The summed E-state index contributed by atoms with van der Waals surface area (Å²) in [5, 5.41) is 3.72. The summed E-state index contributed by atoms with van der Waals surface area (Å²) >= 11 is 0. The standard InChI is InChI=1S/C14H29N3/c1-14(8-4-5-9-15-14)12-17(3)13-7-6-10-16(2)11-13/h13,15H,4-12H2,1-3H3. The highest BCUT2D eigenvalue weighted by Crippen LogP contribution is 2.22. The largest absolute Gasteiger partial charge is 0.310 e. The number of nitrogens with zero attached hydrogens (tertiary/aromatic N) is 2. The zero-order chi connectivity index (χ0) is 12.3. The van der Waals surface area contributed by atoms with Crippen LogP contribution in [0.2, 0.25) is 0 Å². The summed E-state index contributed by atoms with van der Waals surface area (Å²) in [4.78, 5) is 5.06. The lowest BCUT2D eigenvalue weighted by molar-refractivity contribution is 0.0975. The van der Waals surface area contributed by atoms with Crippen LogP contribution in [0.15, 0.2) is 0 Å². The molecule has 2 aliphatic rings. The van der Waals surface area contributed by atoms with Crippen LogP contribution in [0.4, 0.5) is 0 Å². The van der Waals surface area contributed by atoms with E-state index in [-0.39, 0.29) is 0 Å². The Morgan fingerprint density at radius 2 is 2.18 bits per heavy atom. The van der Waals surface area contributed by atoms with Crippen LogP contribution in [-0.2, 0) is 0 Å². The summed E-state index contributed by atoms with van der Waals surface area (Å²) in [6.07, 6.45) is 6.81. The van der Waals surface area contributed by atoms with Crippen molar-refractivity contribution in [2.24, 2.45) is 0 Å². The Balaban J connectivity index is 1.84. The summed E-state index contributed by atoms with van der Waals surface area (Å²) < 4.78 is 0. The van der Waals surface area contributed by atoms with Crippen LogP contribution in [-0.4, -0.2) is 61.7 Å². The molecule has 2 unspecified atom stereocenters. The SMILES string of the molecule is CN1CCCC(N(C)CC2(C)CCCCN2)C1.